The molecule has 0 atom stereocenters. The third kappa shape index (κ3) is 3.57. The highest BCUT2D eigenvalue weighted by Crippen LogP contribution is 2.30. The van der Waals surface area contributed by atoms with E-state index in [0.717, 1.165) is 33.7 Å². The van der Waals surface area contributed by atoms with Crippen molar-refractivity contribution in [1.82, 2.24) is 4.98 Å². The Balaban J connectivity index is 1.78. The van der Waals surface area contributed by atoms with E-state index < -0.39 is 0 Å². The van der Waals surface area contributed by atoms with Gasteiger partial charge >= 0.3 is 0 Å². The van der Waals surface area contributed by atoms with Crippen LogP contribution in [0.3, 0.4) is 0 Å². The second-order valence-corrected chi connectivity index (χ2v) is 6.83. The van der Waals surface area contributed by atoms with Crippen LogP contribution in [0, 0.1) is 6.92 Å². The first kappa shape index (κ1) is 17.3. The van der Waals surface area contributed by atoms with E-state index in [9.17, 15) is 4.79 Å². The molecule has 0 fully saturated rings. The van der Waals surface area contributed by atoms with E-state index in [4.69, 9.17) is 10.7 Å². The minimum Gasteiger partial charge on any atom is -0.383 e. The van der Waals surface area contributed by atoms with Crippen molar-refractivity contribution in [3.8, 4) is 0 Å². The van der Waals surface area contributed by atoms with Crippen LogP contribution in [0.15, 0.2) is 48.5 Å². The van der Waals surface area contributed by atoms with Crippen molar-refractivity contribution in [1.29, 1.82) is 0 Å². The van der Waals surface area contributed by atoms with Gasteiger partial charge in [0.25, 0.3) is 0 Å². The number of carbonyl (C=O) groups excluding carboxylic acids is 1. The fourth-order valence-corrected chi connectivity index (χ4v) is 3.41. The molecule has 4 N–H and O–H groups in total. The summed E-state index contributed by atoms with van der Waals surface area (Å²) in [5.41, 5.74) is 10.7. The molecule has 1 aliphatic rings. The van der Waals surface area contributed by atoms with E-state index >= 15 is 0 Å². The molecule has 6 nitrogen and oxygen atoms in total. The zero-order valence-corrected chi connectivity index (χ0v) is 15.3. The van der Waals surface area contributed by atoms with Crippen LogP contribution < -0.4 is 21.3 Å². The van der Waals surface area contributed by atoms with Crippen LogP contribution in [0.1, 0.15) is 11.1 Å². The van der Waals surface area contributed by atoms with Crippen LogP contribution in [0.25, 0.3) is 10.9 Å². The van der Waals surface area contributed by atoms with E-state index in [2.05, 4.69) is 29.7 Å². The second kappa shape index (κ2) is 7.25. The smallest absolute Gasteiger partial charge is 0.243 e. The number of nitrogens with two attached hydrogens (primary N) is 1. The molecule has 0 saturated carbocycles. The summed E-state index contributed by atoms with van der Waals surface area (Å²) in [6.45, 7) is 4.17. The van der Waals surface area contributed by atoms with E-state index in [1.807, 2.05) is 41.3 Å². The fraction of sp³-hybridized carbons (Fsp3) is 0.238. The van der Waals surface area contributed by atoms with Gasteiger partial charge in [0.2, 0.25) is 5.91 Å². The minimum absolute atomic E-state index is 0.0396. The summed E-state index contributed by atoms with van der Waals surface area (Å²) in [5, 5.41) is 7.43. The van der Waals surface area contributed by atoms with Crippen molar-refractivity contribution in [2.45, 2.75) is 13.5 Å². The zero-order valence-electron chi connectivity index (χ0n) is 15.3. The summed E-state index contributed by atoms with van der Waals surface area (Å²) >= 11 is 0. The molecule has 0 saturated heterocycles. The topological polar surface area (TPSA) is 83.3 Å². The average Bonchev–Trinajstić information content (AvgIpc) is 2.84. The maximum Gasteiger partial charge on any atom is 0.243 e. The highest BCUT2D eigenvalue weighted by Gasteiger charge is 2.21. The highest BCUT2D eigenvalue weighted by molar-refractivity contribution is 5.97. The molecular formula is C21H23N5O. The van der Waals surface area contributed by atoms with Gasteiger partial charge in [-0.25, -0.2) is 4.98 Å². The summed E-state index contributed by atoms with van der Waals surface area (Å²) in [7, 11) is 0. The van der Waals surface area contributed by atoms with Gasteiger partial charge in [0.15, 0.2) is 0 Å². The van der Waals surface area contributed by atoms with Gasteiger partial charge in [-0.05, 0) is 30.7 Å². The molecule has 1 aromatic heterocycles. The first-order valence-electron chi connectivity index (χ1n) is 9.12. The van der Waals surface area contributed by atoms with Crippen molar-refractivity contribution in [3.63, 3.8) is 0 Å². The number of aryl methyl sites for hydroxylation is 1. The first-order chi connectivity index (χ1) is 13.1. The minimum atomic E-state index is -0.0396. The van der Waals surface area contributed by atoms with E-state index in [-0.39, 0.29) is 12.5 Å². The molecule has 4 rings (SSSR count). The summed E-state index contributed by atoms with van der Waals surface area (Å²) in [6, 6.07) is 16.1. The second-order valence-electron chi connectivity index (χ2n) is 6.83. The number of pyridine rings is 1. The monoisotopic (exact) mass is 361 g/mol. The Hall–Kier alpha value is -3.12. The molecule has 0 aliphatic carbocycles. The number of hydrogen-bond acceptors (Lipinski definition) is 5. The average molecular weight is 361 g/mol. The molecule has 1 amide bonds. The predicted molar refractivity (Wildman–Crippen MR) is 110 cm³/mol. The molecule has 6 heteroatoms. The lowest BCUT2D eigenvalue weighted by molar-refractivity contribution is -0.114. The number of benzene rings is 2. The SMILES string of the molecule is Cc1ccc2nc(N3CC(=O)Nc4ccccc4C3)cc(NCCN)c2c1. The zero-order chi connectivity index (χ0) is 18.8. The maximum atomic E-state index is 12.4. The number of nitrogens with zero attached hydrogens (tertiary/aromatic N) is 2. The standard InChI is InChI=1S/C21H23N5O/c1-14-6-7-18-16(10-14)19(23-9-8-22)11-20(24-18)26-12-15-4-2-3-5-17(15)25-21(27)13-26/h2-7,10-11H,8-9,12-13,22H2,1H3,(H,23,24)(H,25,27). The van der Waals surface area contributed by atoms with Gasteiger partial charge in [0.1, 0.15) is 5.82 Å². The molecule has 138 valence electrons. The lowest BCUT2D eigenvalue weighted by Gasteiger charge is -2.22. The Labute approximate surface area is 158 Å². The van der Waals surface area contributed by atoms with Crippen molar-refractivity contribution in [2.24, 2.45) is 5.73 Å². The van der Waals surface area contributed by atoms with Crippen LogP contribution in [0.4, 0.5) is 17.2 Å². The van der Waals surface area contributed by atoms with Crippen molar-refractivity contribution in [3.05, 3.63) is 59.7 Å². The first-order valence-corrected chi connectivity index (χ1v) is 9.12. The third-order valence-electron chi connectivity index (χ3n) is 4.72. The molecule has 2 heterocycles. The number of fused-ring (bicyclic) bond motifs is 2. The quantitative estimate of drug-likeness (QED) is 0.666. The molecule has 3 aromatic rings. The molecule has 27 heavy (non-hydrogen) atoms. The van der Waals surface area contributed by atoms with Crippen LogP contribution in [0.5, 0.6) is 0 Å². The number of nitrogens with one attached hydrogen (secondary N) is 2. The van der Waals surface area contributed by atoms with Gasteiger partial charge in [-0.1, -0.05) is 29.8 Å². The summed E-state index contributed by atoms with van der Waals surface area (Å²) in [4.78, 5) is 19.2. The largest absolute Gasteiger partial charge is 0.383 e. The van der Waals surface area contributed by atoms with Crippen molar-refractivity contribution >= 4 is 34.0 Å². The molecule has 0 bridgehead atoms. The number of amides is 1. The lowest BCUT2D eigenvalue weighted by atomic mass is 10.1. The number of hydrogen-bond donors (Lipinski definition) is 3. The number of rotatable bonds is 4. The molecule has 0 spiro atoms. The normalized spacial score (nSPS) is 13.9. The Morgan fingerprint density at radius 2 is 2.04 bits per heavy atom. The molecule has 1 aliphatic heterocycles. The predicted octanol–water partition coefficient (Wildman–Crippen LogP) is 2.87. The lowest BCUT2D eigenvalue weighted by Crippen LogP contribution is -2.30. The van der Waals surface area contributed by atoms with Crippen molar-refractivity contribution < 1.29 is 4.79 Å². The number of aromatic nitrogens is 1. The van der Waals surface area contributed by atoms with Gasteiger partial charge in [0.05, 0.1) is 12.1 Å². The van der Waals surface area contributed by atoms with Gasteiger partial charge in [-0.15, -0.1) is 0 Å². The summed E-state index contributed by atoms with van der Waals surface area (Å²) < 4.78 is 0. The number of anilines is 3. The Morgan fingerprint density at radius 3 is 2.89 bits per heavy atom. The number of carbonyl (C=O) groups is 1. The van der Waals surface area contributed by atoms with Crippen molar-refractivity contribution in [2.75, 3.05) is 35.2 Å². The van der Waals surface area contributed by atoms with Crippen LogP contribution in [-0.2, 0) is 11.3 Å². The van der Waals surface area contributed by atoms with Gasteiger partial charge < -0.3 is 21.3 Å². The highest BCUT2D eigenvalue weighted by atomic mass is 16.2. The van der Waals surface area contributed by atoms with Crippen LogP contribution in [-0.4, -0.2) is 30.5 Å². The van der Waals surface area contributed by atoms with Gasteiger partial charge in [-0.3, -0.25) is 4.79 Å². The van der Waals surface area contributed by atoms with E-state index in [1.165, 1.54) is 5.56 Å². The van der Waals surface area contributed by atoms with Gasteiger partial charge in [0, 0.05) is 42.5 Å². The Morgan fingerprint density at radius 1 is 1.19 bits per heavy atom. The molecule has 0 unspecified atom stereocenters. The van der Waals surface area contributed by atoms with Crippen LogP contribution in [0.2, 0.25) is 0 Å². The molecular weight excluding hydrogens is 338 g/mol. The maximum absolute atomic E-state index is 12.4. The summed E-state index contributed by atoms with van der Waals surface area (Å²) in [5.74, 6) is 0.736. The fourth-order valence-electron chi connectivity index (χ4n) is 3.41. The number of para-hydroxylation sites is 1. The van der Waals surface area contributed by atoms with Gasteiger partial charge in [-0.2, -0.15) is 0 Å². The molecule has 0 radical (unpaired) electrons. The Bertz CT molecular complexity index is 1000. The van der Waals surface area contributed by atoms with E-state index in [1.54, 1.807) is 0 Å². The third-order valence-corrected chi connectivity index (χ3v) is 4.72. The summed E-state index contributed by atoms with van der Waals surface area (Å²) in [6.07, 6.45) is 0. The van der Waals surface area contributed by atoms with E-state index in [0.29, 0.717) is 19.6 Å². The Kier molecular flexibility index (Phi) is 4.64. The molecule has 2 aromatic carbocycles. The van der Waals surface area contributed by atoms with Crippen LogP contribution >= 0.6 is 0 Å².